The number of hydrogen-bond donors (Lipinski definition) is 0. The van der Waals surface area contributed by atoms with Gasteiger partial charge in [0.1, 0.15) is 0 Å². The molecule has 3 rings (SSSR count). The molecule has 2 aromatic carbocycles. The van der Waals surface area contributed by atoms with Crippen molar-refractivity contribution in [2.75, 3.05) is 0 Å². The minimum absolute atomic E-state index is 0.0161. The first kappa shape index (κ1) is 14.2. The molecule has 0 spiro atoms. The van der Waals surface area contributed by atoms with Crippen LogP contribution >= 0.6 is 11.6 Å². The van der Waals surface area contributed by atoms with Gasteiger partial charge in [0.15, 0.2) is 0 Å². The molecule has 0 aliphatic carbocycles. The third-order valence-electron chi connectivity index (χ3n) is 3.29. The summed E-state index contributed by atoms with van der Waals surface area (Å²) < 4.78 is 1.46. The van der Waals surface area contributed by atoms with Gasteiger partial charge < -0.3 is 0 Å². The predicted molar refractivity (Wildman–Crippen MR) is 83.2 cm³/mol. The Kier molecular flexibility index (Phi) is 3.60. The second-order valence-corrected chi connectivity index (χ2v) is 5.20. The summed E-state index contributed by atoms with van der Waals surface area (Å²) in [5, 5.41) is 11.6. The Balaban J connectivity index is 1.97. The second kappa shape index (κ2) is 5.57. The average molecular weight is 316 g/mol. The molecular weight excluding hydrogens is 306 g/mol. The zero-order chi connectivity index (χ0) is 15.7. The van der Waals surface area contributed by atoms with Crippen LogP contribution in [0.1, 0.15) is 5.56 Å². The summed E-state index contributed by atoms with van der Waals surface area (Å²) in [6, 6.07) is 11.0. The highest BCUT2D eigenvalue weighted by atomic mass is 35.5. The van der Waals surface area contributed by atoms with Gasteiger partial charge in [-0.05, 0) is 23.8 Å². The molecule has 3 aromatic rings. The largest absolute Gasteiger partial charge is 0.294 e. The Morgan fingerprint density at radius 2 is 1.91 bits per heavy atom. The van der Waals surface area contributed by atoms with Crippen LogP contribution in [0.15, 0.2) is 53.6 Å². The fraction of sp³-hybridized carbons (Fsp3) is 0.0667. The molecule has 1 heterocycles. The minimum atomic E-state index is -0.461. The van der Waals surface area contributed by atoms with Crippen LogP contribution in [-0.2, 0) is 6.54 Å². The van der Waals surface area contributed by atoms with Gasteiger partial charge in [-0.15, -0.1) is 0 Å². The highest BCUT2D eigenvalue weighted by molar-refractivity contribution is 6.31. The molecule has 0 atom stereocenters. The molecule has 0 saturated carbocycles. The SMILES string of the molecule is O=c1c2ccc(Cl)cc2ncn1Cc1ccc([N+](=O)[O-])cc1. The molecule has 0 bridgehead atoms. The molecule has 0 unspecified atom stereocenters. The molecular formula is C15H10ClN3O3. The van der Waals surface area contributed by atoms with Crippen LogP contribution in [0.5, 0.6) is 0 Å². The molecule has 0 saturated heterocycles. The molecule has 0 radical (unpaired) electrons. The Hall–Kier alpha value is -2.73. The molecule has 6 nitrogen and oxygen atoms in total. The first-order valence-electron chi connectivity index (χ1n) is 6.42. The van der Waals surface area contributed by atoms with E-state index in [-0.39, 0.29) is 11.2 Å². The van der Waals surface area contributed by atoms with Gasteiger partial charge in [-0.1, -0.05) is 23.7 Å². The van der Waals surface area contributed by atoms with E-state index >= 15 is 0 Å². The first-order valence-corrected chi connectivity index (χ1v) is 6.80. The molecule has 0 fully saturated rings. The van der Waals surface area contributed by atoms with Crippen LogP contribution in [0.3, 0.4) is 0 Å². The highest BCUT2D eigenvalue weighted by Crippen LogP contribution is 2.15. The van der Waals surface area contributed by atoms with Crippen molar-refractivity contribution < 1.29 is 4.92 Å². The van der Waals surface area contributed by atoms with Gasteiger partial charge in [0.05, 0.1) is 28.7 Å². The van der Waals surface area contributed by atoms with Crippen molar-refractivity contribution in [3.8, 4) is 0 Å². The Morgan fingerprint density at radius 1 is 1.18 bits per heavy atom. The zero-order valence-electron chi connectivity index (χ0n) is 11.3. The van der Waals surface area contributed by atoms with Gasteiger partial charge in [0.2, 0.25) is 0 Å². The van der Waals surface area contributed by atoms with Gasteiger partial charge in [-0.25, -0.2) is 4.98 Å². The minimum Gasteiger partial charge on any atom is -0.294 e. The van der Waals surface area contributed by atoms with E-state index in [1.807, 2.05) is 0 Å². The van der Waals surface area contributed by atoms with E-state index in [1.54, 1.807) is 30.3 Å². The van der Waals surface area contributed by atoms with E-state index in [2.05, 4.69) is 4.98 Å². The molecule has 0 amide bonds. The zero-order valence-corrected chi connectivity index (χ0v) is 12.0. The van der Waals surface area contributed by atoms with Gasteiger partial charge in [-0.2, -0.15) is 0 Å². The Morgan fingerprint density at radius 3 is 2.59 bits per heavy atom. The lowest BCUT2D eigenvalue weighted by Gasteiger charge is -2.07. The van der Waals surface area contributed by atoms with Crippen molar-refractivity contribution in [3.05, 3.63) is 79.8 Å². The number of nitro groups is 1. The third-order valence-corrected chi connectivity index (χ3v) is 3.52. The molecule has 110 valence electrons. The first-order chi connectivity index (χ1) is 10.5. The van der Waals surface area contributed by atoms with E-state index in [1.165, 1.54) is 23.0 Å². The quantitative estimate of drug-likeness (QED) is 0.550. The van der Waals surface area contributed by atoms with E-state index in [0.717, 1.165) is 5.56 Å². The number of aromatic nitrogens is 2. The average Bonchev–Trinajstić information content (AvgIpc) is 2.50. The summed E-state index contributed by atoms with van der Waals surface area (Å²) >= 11 is 5.88. The molecule has 0 aliphatic rings. The Labute approximate surface area is 129 Å². The summed E-state index contributed by atoms with van der Waals surface area (Å²) in [7, 11) is 0. The van der Waals surface area contributed by atoms with Gasteiger partial charge >= 0.3 is 0 Å². The number of halogens is 1. The van der Waals surface area contributed by atoms with Crippen LogP contribution < -0.4 is 5.56 Å². The van der Waals surface area contributed by atoms with Gasteiger partial charge in [0, 0.05) is 17.2 Å². The van der Waals surface area contributed by atoms with Crippen molar-refractivity contribution >= 4 is 28.2 Å². The summed E-state index contributed by atoms with van der Waals surface area (Å²) in [6.45, 7) is 0.294. The number of rotatable bonds is 3. The number of benzene rings is 2. The lowest BCUT2D eigenvalue weighted by molar-refractivity contribution is -0.384. The smallest absolute Gasteiger partial charge is 0.269 e. The van der Waals surface area contributed by atoms with Crippen LogP contribution in [0.2, 0.25) is 5.02 Å². The summed E-state index contributed by atoms with van der Waals surface area (Å²) in [4.78, 5) is 26.8. The molecule has 0 N–H and O–H groups in total. The van der Waals surface area contributed by atoms with Crippen molar-refractivity contribution in [3.63, 3.8) is 0 Å². The van der Waals surface area contributed by atoms with Crippen molar-refractivity contribution in [2.24, 2.45) is 0 Å². The number of non-ortho nitro benzene ring substituents is 1. The van der Waals surface area contributed by atoms with Crippen molar-refractivity contribution in [1.29, 1.82) is 0 Å². The van der Waals surface area contributed by atoms with Crippen LogP contribution in [0, 0.1) is 10.1 Å². The highest BCUT2D eigenvalue weighted by Gasteiger charge is 2.07. The maximum atomic E-state index is 12.4. The van der Waals surface area contributed by atoms with Crippen LogP contribution in [0.25, 0.3) is 10.9 Å². The fourth-order valence-corrected chi connectivity index (χ4v) is 2.33. The van der Waals surface area contributed by atoms with Gasteiger partial charge in [-0.3, -0.25) is 19.5 Å². The summed E-state index contributed by atoms with van der Waals surface area (Å²) in [5.74, 6) is 0. The third kappa shape index (κ3) is 2.68. The van der Waals surface area contributed by atoms with E-state index < -0.39 is 4.92 Å². The van der Waals surface area contributed by atoms with Crippen LogP contribution in [-0.4, -0.2) is 14.5 Å². The topological polar surface area (TPSA) is 78.0 Å². The van der Waals surface area contributed by atoms with Crippen molar-refractivity contribution in [2.45, 2.75) is 6.54 Å². The standard InChI is InChI=1S/C15H10ClN3O3/c16-11-3-6-13-14(7-11)17-9-18(15(13)20)8-10-1-4-12(5-2-10)19(21)22/h1-7,9H,8H2. The van der Waals surface area contributed by atoms with E-state index in [0.29, 0.717) is 22.5 Å². The monoisotopic (exact) mass is 315 g/mol. The summed E-state index contributed by atoms with van der Waals surface area (Å²) in [6.07, 6.45) is 1.45. The Bertz CT molecular complexity index is 919. The number of hydrogen-bond acceptors (Lipinski definition) is 4. The fourth-order valence-electron chi connectivity index (χ4n) is 2.16. The maximum absolute atomic E-state index is 12.4. The second-order valence-electron chi connectivity index (χ2n) is 4.76. The number of fused-ring (bicyclic) bond motifs is 1. The van der Waals surface area contributed by atoms with Crippen molar-refractivity contribution in [1.82, 2.24) is 9.55 Å². The lowest BCUT2D eigenvalue weighted by Crippen LogP contribution is -2.21. The number of nitro benzene ring substituents is 1. The molecule has 0 aliphatic heterocycles. The molecule has 22 heavy (non-hydrogen) atoms. The number of nitrogens with zero attached hydrogens (tertiary/aromatic N) is 3. The molecule has 7 heteroatoms. The summed E-state index contributed by atoms with van der Waals surface area (Å²) in [5.41, 5.74) is 1.16. The maximum Gasteiger partial charge on any atom is 0.269 e. The van der Waals surface area contributed by atoms with Gasteiger partial charge in [0.25, 0.3) is 11.2 Å². The predicted octanol–water partition coefficient (Wildman–Crippen LogP) is 3.01. The van der Waals surface area contributed by atoms with E-state index in [9.17, 15) is 14.9 Å². The molecule has 1 aromatic heterocycles. The van der Waals surface area contributed by atoms with Crippen LogP contribution in [0.4, 0.5) is 5.69 Å². The van der Waals surface area contributed by atoms with E-state index in [4.69, 9.17) is 11.6 Å². The lowest BCUT2D eigenvalue weighted by atomic mass is 10.2. The normalized spacial score (nSPS) is 10.8.